The number of nitriles is 1. The predicted molar refractivity (Wildman–Crippen MR) is 79.8 cm³/mol. The minimum atomic E-state index is -0.0166. The fourth-order valence-electron chi connectivity index (χ4n) is 2.04. The summed E-state index contributed by atoms with van der Waals surface area (Å²) in [5.41, 5.74) is 3.54. The van der Waals surface area contributed by atoms with Gasteiger partial charge in [0.2, 0.25) is 0 Å². The molecule has 0 saturated carbocycles. The van der Waals surface area contributed by atoms with E-state index in [2.05, 4.69) is 36.9 Å². The maximum Gasteiger partial charge on any atom is 0.101 e. The molecule has 0 N–H and O–H groups in total. The van der Waals surface area contributed by atoms with Gasteiger partial charge in [-0.05, 0) is 11.6 Å². The third-order valence-electron chi connectivity index (χ3n) is 2.99. The van der Waals surface area contributed by atoms with Crippen LogP contribution in [0.1, 0.15) is 43.2 Å². The Morgan fingerprint density at radius 3 is 2.60 bits per heavy atom. The molecule has 20 heavy (non-hydrogen) atoms. The summed E-state index contributed by atoms with van der Waals surface area (Å²) in [6, 6.07) is 3.98. The maximum atomic E-state index is 9.06. The number of hydrogen-bond acceptors (Lipinski definition) is 3. The standard InChI is InChI=1S/C16H18N4/c1-16(2,3)15-13(11-20(4)19-15)6-5-12-7-8-18-10-14(12)9-17/h5-8,10-11H,1-4H3. The van der Waals surface area contributed by atoms with E-state index in [-0.39, 0.29) is 5.41 Å². The molecule has 0 spiro atoms. The van der Waals surface area contributed by atoms with E-state index in [1.54, 1.807) is 12.4 Å². The van der Waals surface area contributed by atoms with E-state index in [1.807, 2.05) is 36.1 Å². The van der Waals surface area contributed by atoms with Crippen molar-refractivity contribution < 1.29 is 0 Å². The molecule has 0 amide bonds. The lowest BCUT2D eigenvalue weighted by Crippen LogP contribution is -2.13. The minimum absolute atomic E-state index is 0.0166. The summed E-state index contributed by atoms with van der Waals surface area (Å²) >= 11 is 0. The van der Waals surface area contributed by atoms with E-state index < -0.39 is 0 Å². The fraction of sp³-hybridized carbons (Fsp3) is 0.312. The number of hydrogen-bond donors (Lipinski definition) is 0. The first-order valence-electron chi connectivity index (χ1n) is 6.48. The fourth-order valence-corrected chi connectivity index (χ4v) is 2.04. The van der Waals surface area contributed by atoms with E-state index >= 15 is 0 Å². The topological polar surface area (TPSA) is 54.5 Å². The molecular formula is C16H18N4. The Labute approximate surface area is 119 Å². The molecule has 4 nitrogen and oxygen atoms in total. The number of aryl methyl sites for hydroxylation is 1. The quantitative estimate of drug-likeness (QED) is 0.839. The van der Waals surface area contributed by atoms with Crippen LogP contribution < -0.4 is 0 Å². The summed E-state index contributed by atoms with van der Waals surface area (Å²) in [5.74, 6) is 0. The van der Waals surface area contributed by atoms with Crippen LogP contribution in [-0.2, 0) is 12.5 Å². The van der Waals surface area contributed by atoms with Crippen molar-refractivity contribution in [2.75, 3.05) is 0 Å². The molecule has 0 fully saturated rings. The van der Waals surface area contributed by atoms with Crippen molar-refractivity contribution in [2.45, 2.75) is 26.2 Å². The Morgan fingerprint density at radius 1 is 1.25 bits per heavy atom. The summed E-state index contributed by atoms with van der Waals surface area (Å²) in [4.78, 5) is 3.96. The lowest BCUT2D eigenvalue weighted by molar-refractivity contribution is 0.552. The van der Waals surface area contributed by atoms with Gasteiger partial charge < -0.3 is 0 Å². The summed E-state index contributed by atoms with van der Waals surface area (Å²) in [5, 5.41) is 13.6. The first kappa shape index (κ1) is 14.0. The molecule has 0 unspecified atom stereocenters. The Hall–Kier alpha value is -2.41. The van der Waals surface area contributed by atoms with E-state index in [9.17, 15) is 0 Å². The van der Waals surface area contributed by atoms with Gasteiger partial charge >= 0.3 is 0 Å². The van der Waals surface area contributed by atoms with E-state index in [1.165, 1.54) is 0 Å². The molecule has 0 aliphatic rings. The molecule has 0 radical (unpaired) electrons. The van der Waals surface area contributed by atoms with Gasteiger partial charge in [-0.15, -0.1) is 0 Å². The van der Waals surface area contributed by atoms with Crippen LogP contribution in [0.5, 0.6) is 0 Å². The third-order valence-corrected chi connectivity index (χ3v) is 2.99. The molecule has 0 aliphatic carbocycles. The van der Waals surface area contributed by atoms with E-state index in [0.717, 1.165) is 16.8 Å². The van der Waals surface area contributed by atoms with Crippen molar-refractivity contribution in [3.63, 3.8) is 0 Å². The number of pyridine rings is 1. The second-order valence-corrected chi connectivity index (χ2v) is 5.76. The SMILES string of the molecule is Cn1cc(C=Cc2ccncc2C#N)c(C(C)(C)C)n1. The van der Waals surface area contributed by atoms with Gasteiger partial charge in [-0.1, -0.05) is 32.9 Å². The molecule has 0 aliphatic heterocycles. The second kappa shape index (κ2) is 5.30. The highest BCUT2D eigenvalue weighted by molar-refractivity contribution is 5.73. The van der Waals surface area contributed by atoms with Crippen LogP contribution >= 0.6 is 0 Å². The van der Waals surface area contributed by atoms with Crippen molar-refractivity contribution in [3.8, 4) is 6.07 Å². The lowest BCUT2D eigenvalue weighted by Gasteiger charge is -2.16. The van der Waals surface area contributed by atoms with Crippen LogP contribution in [0.2, 0.25) is 0 Å². The molecule has 2 aromatic heterocycles. The third kappa shape index (κ3) is 2.94. The first-order valence-corrected chi connectivity index (χ1v) is 6.48. The van der Waals surface area contributed by atoms with E-state index in [4.69, 9.17) is 5.26 Å². The molecular weight excluding hydrogens is 248 g/mol. The first-order chi connectivity index (χ1) is 9.41. The average Bonchev–Trinajstić information content (AvgIpc) is 2.78. The van der Waals surface area contributed by atoms with Crippen LogP contribution in [0, 0.1) is 11.3 Å². The normalized spacial score (nSPS) is 11.8. The summed E-state index contributed by atoms with van der Waals surface area (Å²) in [7, 11) is 1.92. The second-order valence-electron chi connectivity index (χ2n) is 5.76. The highest BCUT2D eigenvalue weighted by Gasteiger charge is 2.20. The van der Waals surface area contributed by atoms with Gasteiger partial charge in [-0.2, -0.15) is 10.4 Å². The van der Waals surface area contributed by atoms with Crippen LogP contribution in [-0.4, -0.2) is 14.8 Å². The van der Waals surface area contributed by atoms with Crippen molar-refractivity contribution in [2.24, 2.45) is 7.05 Å². The predicted octanol–water partition coefficient (Wildman–Crippen LogP) is 3.15. The highest BCUT2D eigenvalue weighted by atomic mass is 15.3. The van der Waals surface area contributed by atoms with Gasteiger partial charge in [0.05, 0.1) is 11.3 Å². The molecule has 0 bridgehead atoms. The maximum absolute atomic E-state index is 9.06. The van der Waals surface area contributed by atoms with Crippen LogP contribution in [0.15, 0.2) is 24.7 Å². The largest absolute Gasteiger partial charge is 0.275 e. The zero-order chi connectivity index (χ0) is 14.8. The molecule has 2 heterocycles. The summed E-state index contributed by atoms with van der Waals surface area (Å²) in [6.45, 7) is 6.42. The summed E-state index contributed by atoms with van der Waals surface area (Å²) < 4.78 is 1.82. The molecule has 4 heteroatoms. The molecule has 2 rings (SSSR count). The van der Waals surface area contributed by atoms with Gasteiger partial charge in [0.1, 0.15) is 6.07 Å². The Morgan fingerprint density at radius 2 is 1.95 bits per heavy atom. The van der Waals surface area contributed by atoms with Gasteiger partial charge in [-0.25, -0.2) is 0 Å². The zero-order valence-electron chi connectivity index (χ0n) is 12.3. The Bertz CT molecular complexity index is 681. The molecule has 2 aromatic rings. The minimum Gasteiger partial charge on any atom is -0.275 e. The number of aromatic nitrogens is 3. The van der Waals surface area contributed by atoms with Crippen molar-refractivity contribution in [1.82, 2.24) is 14.8 Å². The van der Waals surface area contributed by atoms with E-state index in [0.29, 0.717) is 5.56 Å². The lowest BCUT2D eigenvalue weighted by atomic mass is 9.89. The van der Waals surface area contributed by atoms with Gasteiger partial charge in [0.15, 0.2) is 0 Å². The summed E-state index contributed by atoms with van der Waals surface area (Å²) in [6.07, 6.45) is 9.20. The molecule has 0 saturated heterocycles. The smallest absolute Gasteiger partial charge is 0.101 e. The van der Waals surface area contributed by atoms with Gasteiger partial charge in [-0.3, -0.25) is 9.67 Å². The van der Waals surface area contributed by atoms with Crippen LogP contribution in [0.25, 0.3) is 12.2 Å². The zero-order valence-corrected chi connectivity index (χ0v) is 12.3. The molecule has 102 valence electrons. The monoisotopic (exact) mass is 266 g/mol. The number of nitrogens with zero attached hydrogens (tertiary/aromatic N) is 4. The molecule has 0 aromatic carbocycles. The van der Waals surface area contributed by atoms with Crippen molar-refractivity contribution >= 4 is 12.2 Å². The van der Waals surface area contributed by atoms with Crippen LogP contribution in [0.4, 0.5) is 0 Å². The van der Waals surface area contributed by atoms with Gasteiger partial charge in [0, 0.05) is 36.6 Å². The molecule has 0 atom stereocenters. The number of rotatable bonds is 2. The Kier molecular flexibility index (Phi) is 3.71. The van der Waals surface area contributed by atoms with Crippen molar-refractivity contribution in [1.29, 1.82) is 5.26 Å². The highest BCUT2D eigenvalue weighted by Crippen LogP contribution is 2.25. The Balaban J connectivity index is 2.40. The van der Waals surface area contributed by atoms with Crippen LogP contribution in [0.3, 0.4) is 0 Å². The average molecular weight is 266 g/mol. The van der Waals surface area contributed by atoms with Gasteiger partial charge in [0.25, 0.3) is 0 Å². The van der Waals surface area contributed by atoms with Crippen molar-refractivity contribution in [3.05, 3.63) is 47.0 Å².